The summed E-state index contributed by atoms with van der Waals surface area (Å²) in [6.07, 6.45) is 2.76. The van der Waals surface area contributed by atoms with Gasteiger partial charge in [0.05, 0.1) is 6.04 Å². The van der Waals surface area contributed by atoms with Gasteiger partial charge in [-0.1, -0.05) is 20.3 Å². The van der Waals surface area contributed by atoms with Crippen LogP contribution in [0.2, 0.25) is 0 Å². The van der Waals surface area contributed by atoms with E-state index in [1.165, 1.54) is 0 Å². The summed E-state index contributed by atoms with van der Waals surface area (Å²) in [7, 11) is 0. The van der Waals surface area contributed by atoms with Crippen LogP contribution >= 0.6 is 0 Å². The number of aromatic amines is 1. The van der Waals surface area contributed by atoms with Gasteiger partial charge in [0.25, 0.3) is 0 Å². The van der Waals surface area contributed by atoms with Crippen LogP contribution in [-0.4, -0.2) is 14.8 Å². The molecule has 0 saturated carbocycles. The standard InChI is InChI=1S/C9H18N4O/c1-3-5-7(10)8-11-12-9(14)13(8)6-4-2/h7H,3-6,10H2,1-2H3,(H,12,14). The molecule has 5 heteroatoms. The molecule has 1 aromatic rings. The van der Waals surface area contributed by atoms with E-state index in [1.807, 2.05) is 6.92 Å². The topological polar surface area (TPSA) is 76.7 Å². The SMILES string of the molecule is CCCC(N)c1n[nH]c(=O)n1CCC. The number of H-pyrrole nitrogens is 1. The van der Waals surface area contributed by atoms with Crippen molar-refractivity contribution in [3.63, 3.8) is 0 Å². The number of aromatic nitrogens is 3. The number of rotatable bonds is 5. The van der Waals surface area contributed by atoms with Crippen LogP contribution in [0, 0.1) is 0 Å². The fourth-order valence-electron chi connectivity index (χ4n) is 1.49. The smallest absolute Gasteiger partial charge is 0.321 e. The van der Waals surface area contributed by atoms with Crippen molar-refractivity contribution in [3.05, 3.63) is 16.3 Å². The van der Waals surface area contributed by atoms with Crippen molar-refractivity contribution in [2.75, 3.05) is 0 Å². The number of hydrogen-bond acceptors (Lipinski definition) is 3. The molecule has 0 aliphatic carbocycles. The van der Waals surface area contributed by atoms with E-state index in [9.17, 15) is 4.79 Å². The zero-order chi connectivity index (χ0) is 10.6. The normalized spacial score (nSPS) is 13.1. The van der Waals surface area contributed by atoms with Crippen molar-refractivity contribution >= 4 is 0 Å². The van der Waals surface area contributed by atoms with E-state index in [4.69, 9.17) is 5.73 Å². The van der Waals surface area contributed by atoms with E-state index in [0.29, 0.717) is 12.4 Å². The molecule has 1 atom stereocenters. The average Bonchev–Trinajstić information content (AvgIpc) is 2.50. The van der Waals surface area contributed by atoms with Gasteiger partial charge in [0, 0.05) is 6.54 Å². The van der Waals surface area contributed by atoms with Crippen molar-refractivity contribution in [3.8, 4) is 0 Å². The van der Waals surface area contributed by atoms with E-state index in [1.54, 1.807) is 4.57 Å². The molecule has 80 valence electrons. The summed E-state index contributed by atoms with van der Waals surface area (Å²) in [6.45, 7) is 4.77. The molecule has 0 aromatic carbocycles. The van der Waals surface area contributed by atoms with Crippen LogP contribution in [0.1, 0.15) is 45.0 Å². The molecule has 3 N–H and O–H groups in total. The lowest BCUT2D eigenvalue weighted by molar-refractivity contribution is 0.537. The molecule has 0 spiro atoms. The Kier molecular flexibility index (Phi) is 3.88. The van der Waals surface area contributed by atoms with Gasteiger partial charge < -0.3 is 5.73 Å². The van der Waals surface area contributed by atoms with E-state index in [-0.39, 0.29) is 11.7 Å². The first kappa shape index (κ1) is 11.0. The Hall–Kier alpha value is -1.10. The summed E-state index contributed by atoms with van der Waals surface area (Å²) in [6, 6.07) is -0.134. The Morgan fingerprint density at radius 3 is 2.79 bits per heavy atom. The van der Waals surface area contributed by atoms with Crippen LogP contribution < -0.4 is 11.4 Å². The highest BCUT2D eigenvalue weighted by atomic mass is 16.1. The molecule has 0 fully saturated rings. The van der Waals surface area contributed by atoms with E-state index < -0.39 is 0 Å². The van der Waals surface area contributed by atoms with E-state index in [2.05, 4.69) is 17.1 Å². The fraction of sp³-hybridized carbons (Fsp3) is 0.778. The van der Waals surface area contributed by atoms with Gasteiger partial charge in [0.15, 0.2) is 0 Å². The van der Waals surface area contributed by atoms with E-state index in [0.717, 1.165) is 19.3 Å². The molecule has 0 saturated heterocycles. The summed E-state index contributed by atoms with van der Waals surface area (Å²) in [4.78, 5) is 11.3. The molecule has 1 heterocycles. The lowest BCUT2D eigenvalue weighted by atomic mass is 10.2. The number of nitrogens with zero attached hydrogens (tertiary/aromatic N) is 2. The van der Waals surface area contributed by atoms with Gasteiger partial charge in [-0.25, -0.2) is 9.89 Å². The summed E-state index contributed by atoms with van der Waals surface area (Å²) < 4.78 is 1.63. The predicted molar refractivity (Wildman–Crippen MR) is 55.0 cm³/mol. The molecule has 0 bridgehead atoms. The molecule has 1 aromatic heterocycles. The quantitative estimate of drug-likeness (QED) is 0.734. The minimum atomic E-state index is -0.159. The zero-order valence-electron chi connectivity index (χ0n) is 8.79. The largest absolute Gasteiger partial charge is 0.343 e. The minimum absolute atomic E-state index is 0.134. The van der Waals surface area contributed by atoms with Gasteiger partial charge in [-0.15, -0.1) is 0 Å². The van der Waals surface area contributed by atoms with Gasteiger partial charge in [-0.3, -0.25) is 4.57 Å². The molecule has 1 unspecified atom stereocenters. The third-order valence-electron chi connectivity index (χ3n) is 2.17. The molecule has 0 aliphatic heterocycles. The lowest BCUT2D eigenvalue weighted by Crippen LogP contribution is -2.23. The first-order chi connectivity index (χ1) is 6.70. The van der Waals surface area contributed by atoms with Gasteiger partial charge in [-0.05, 0) is 12.8 Å². The summed E-state index contributed by atoms with van der Waals surface area (Å²) in [5.74, 6) is 0.679. The minimum Gasteiger partial charge on any atom is -0.321 e. The van der Waals surface area contributed by atoms with Crippen LogP contribution in [0.3, 0.4) is 0 Å². The maximum absolute atomic E-state index is 11.3. The molecular weight excluding hydrogens is 180 g/mol. The van der Waals surface area contributed by atoms with Crippen LogP contribution in [0.5, 0.6) is 0 Å². The van der Waals surface area contributed by atoms with Crippen LogP contribution in [0.4, 0.5) is 0 Å². The fourth-order valence-corrected chi connectivity index (χ4v) is 1.49. The van der Waals surface area contributed by atoms with Crippen molar-refractivity contribution in [1.29, 1.82) is 0 Å². The van der Waals surface area contributed by atoms with Gasteiger partial charge >= 0.3 is 5.69 Å². The second-order valence-corrected chi connectivity index (χ2v) is 3.43. The Labute approximate surface area is 83.3 Å². The van der Waals surface area contributed by atoms with E-state index >= 15 is 0 Å². The summed E-state index contributed by atoms with van der Waals surface area (Å²) in [5, 5.41) is 6.39. The first-order valence-corrected chi connectivity index (χ1v) is 5.11. The van der Waals surface area contributed by atoms with Crippen LogP contribution in [0.15, 0.2) is 4.79 Å². The van der Waals surface area contributed by atoms with Crippen molar-refractivity contribution in [2.24, 2.45) is 5.73 Å². The Morgan fingerprint density at radius 1 is 1.50 bits per heavy atom. The lowest BCUT2D eigenvalue weighted by Gasteiger charge is -2.10. The van der Waals surface area contributed by atoms with Crippen molar-refractivity contribution in [1.82, 2.24) is 14.8 Å². The van der Waals surface area contributed by atoms with Gasteiger partial charge in [0.2, 0.25) is 0 Å². The second kappa shape index (κ2) is 4.95. The maximum Gasteiger partial charge on any atom is 0.343 e. The maximum atomic E-state index is 11.3. The summed E-state index contributed by atoms with van der Waals surface area (Å²) >= 11 is 0. The first-order valence-electron chi connectivity index (χ1n) is 5.11. The number of hydrogen-bond donors (Lipinski definition) is 2. The molecule has 14 heavy (non-hydrogen) atoms. The zero-order valence-corrected chi connectivity index (χ0v) is 8.79. The highest BCUT2D eigenvalue weighted by molar-refractivity contribution is 4.93. The number of nitrogens with one attached hydrogen (secondary N) is 1. The number of nitrogens with two attached hydrogens (primary N) is 1. The van der Waals surface area contributed by atoms with Gasteiger partial charge in [-0.2, -0.15) is 5.10 Å². The van der Waals surface area contributed by atoms with Crippen molar-refractivity contribution < 1.29 is 0 Å². The summed E-state index contributed by atoms with van der Waals surface area (Å²) in [5.41, 5.74) is 5.75. The highest BCUT2D eigenvalue weighted by Crippen LogP contribution is 2.11. The second-order valence-electron chi connectivity index (χ2n) is 3.43. The Morgan fingerprint density at radius 2 is 2.21 bits per heavy atom. The third-order valence-corrected chi connectivity index (χ3v) is 2.17. The molecule has 0 amide bonds. The van der Waals surface area contributed by atoms with Crippen molar-refractivity contribution in [2.45, 2.75) is 45.7 Å². The van der Waals surface area contributed by atoms with Gasteiger partial charge in [0.1, 0.15) is 5.82 Å². The Bertz CT molecular complexity index is 328. The predicted octanol–water partition coefficient (Wildman–Crippen LogP) is 0.781. The molecule has 0 aliphatic rings. The average molecular weight is 198 g/mol. The third kappa shape index (κ3) is 2.23. The van der Waals surface area contributed by atoms with Crippen LogP contribution in [-0.2, 0) is 6.54 Å². The molecular formula is C9H18N4O. The Balaban J connectivity index is 2.90. The monoisotopic (exact) mass is 198 g/mol. The molecule has 5 nitrogen and oxygen atoms in total. The molecule has 0 radical (unpaired) electrons. The molecule has 1 rings (SSSR count). The highest BCUT2D eigenvalue weighted by Gasteiger charge is 2.14. The van der Waals surface area contributed by atoms with Crippen LogP contribution in [0.25, 0.3) is 0 Å².